The number of rotatable bonds is 8. The van der Waals surface area contributed by atoms with Gasteiger partial charge in [0.05, 0.1) is 12.7 Å². The van der Waals surface area contributed by atoms with Crippen molar-refractivity contribution in [3.63, 3.8) is 0 Å². The number of esters is 1. The van der Waals surface area contributed by atoms with Crippen LogP contribution in [0.15, 0.2) is 60.8 Å². The number of nitrogens with zero attached hydrogens (tertiary/aromatic N) is 1. The van der Waals surface area contributed by atoms with Crippen molar-refractivity contribution in [1.29, 1.82) is 5.41 Å². The predicted molar refractivity (Wildman–Crippen MR) is 128 cm³/mol. The first kappa shape index (κ1) is 26.7. The highest BCUT2D eigenvalue weighted by Crippen LogP contribution is 2.30. The fourth-order valence-corrected chi connectivity index (χ4v) is 3.09. The zero-order chi connectivity index (χ0) is 27.2. The lowest BCUT2D eigenvalue weighted by Crippen LogP contribution is -2.30. The molecule has 12 heteroatoms. The smallest absolute Gasteiger partial charge is 0.491 e. The molecule has 3 rings (SSSR count). The summed E-state index contributed by atoms with van der Waals surface area (Å²) in [5, 5.41) is 19.9. The summed E-state index contributed by atoms with van der Waals surface area (Å²) >= 11 is 0. The van der Waals surface area contributed by atoms with Gasteiger partial charge in [-0.2, -0.15) is 13.2 Å². The van der Waals surface area contributed by atoms with Gasteiger partial charge in [-0.1, -0.05) is 18.2 Å². The second kappa shape index (κ2) is 11.2. The first-order chi connectivity index (χ1) is 17.5. The number of ether oxygens (including phenoxy) is 2. The molecule has 0 spiro atoms. The Kier molecular flexibility index (Phi) is 8.12. The Morgan fingerprint density at radius 3 is 2.49 bits per heavy atom. The Bertz CT molecular complexity index is 1360. The molecule has 1 heterocycles. The number of aromatic nitrogens is 1. The first-order valence-corrected chi connectivity index (χ1v) is 10.5. The molecule has 0 atom stereocenters. The van der Waals surface area contributed by atoms with E-state index in [2.05, 4.69) is 15.0 Å². The van der Waals surface area contributed by atoms with E-state index in [1.807, 2.05) is 0 Å². The minimum absolute atomic E-state index is 0.0839. The number of amidine groups is 1. The summed E-state index contributed by atoms with van der Waals surface area (Å²) in [6.07, 6.45) is -0.933. The third-order valence-electron chi connectivity index (χ3n) is 4.96. The summed E-state index contributed by atoms with van der Waals surface area (Å²) in [5.74, 6) is -3.85. The minimum Gasteiger partial charge on any atom is -0.507 e. The molecule has 0 saturated heterocycles. The van der Waals surface area contributed by atoms with Crippen molar-refractivity contribution in [2.45, 2.75) is 6.18 Å². The fraction of sp³-hybridized carbons (Fsp3) is 0.120. The molecule has 0 aliphatic rings. The number of phenolic OH excluding ortho intramolecular Hbond substituents is 1. The van der Waals surface area contributed by atoms with E-state index in [1.54, 1.807) is 6.07 Å². The van der Waals surface area contributed by atoms with E-state index in [1.165, 1.54) is 61.9 Å². The van der Waals surface area contributed by atoms with Crippen molar-refractivity contribution in [2.24, 2.45) is 5.73 Å². The summed E-state index contributed by atoms with van der Waals surface area (Å²) in [6, 6.07) is 11.2. The standard InChI is InChI=1S/C25H21F3N4O5/c1-36-21-9-6-17(13-32-21)14-4-7-18(20(12-14)37-24(35)25(26,27)28)23(34)31-10-2-3-15-11-16(22(29)30)5-8-19(15)33/h2-9,11-13,33H,10H2,1H3,(H3,29,30)(H,31,34)/b3-2+. The number of hydrogen-bond donors (Lipinski definition) is 4. The quantitative estimate of drug-likeness (QED) is 0.155. The summed E-state index contributed by atoms with van der Waals surface area (Å²) in [6.45, 7) is -0.0839. The van der Waals surface area contributed by atoms with E-state index in [-0.39, 0.29) is 23.7 Å². The molecule has 37 heavy (non-hydrogen) atoms. The number of phenols is 1. The Morgan fingerprint density at radius 1 is 1.14 bits per heavy atom. The average Bonchev–Trinajstić information content (AvgIpc) is 2.86. The van der Waals surface area contributed by atoms with Crippen LogP contribution in [0.4, 0.5) is 13.2 Å². The number of nitrogen functional groups attached to an aromatic ring is 1. The topological polar surface area (TPSA) is 148 Å². The maximum absolute atomic E-state index is 12.8. The lowest BCUT2D eigenvalue weighted by molar-refractivity contribution is -0.189. The van der Waals surface area contributed by atoms with Crippen LogP contribution in [0.1, 0.15) is 21.5 Å². The van der Waals surface area contributed by atoms with Gasteiger partial charge < -0.3 is 25.6 Å². The highest BCUT2D eigenvalue weighted by molar-refractivity contribution is 5.99. The second-order valence-electron chi connectivity index (χ2n) is 7.49. The lowest BCUT2D eigenvalue weighted by atomic mass is 10.0. The molecule has 0 bridgehead atoms. The number of pyridine rings is 1. The van der Waals surface area contributed by atoms with E-state index < -0.39 is 23.8 Å². The molecule has 5 N–H and O–H groups in total. The van der Waals surface area contributed by atoms with Crippen LogP contribution in [-0.4, -0.2) is 47.6 Å². The molecule has 0 aliphatic carbocycles. The molecule has 192 valence electrons. The van der Waals surface area contributed by atoms with Crippen LogP contribution < -0.4 is 20.5 Å². The van der Waals surface area contributed by atoms with Crippen molar-refractivity contribution in [2.75, 3.05) is 13.7 Å². The van der Waals surface area contributed by atoms with E-state index in [4.69, 9.17) is 15.9 Å². The number of hydrogen-bond acceptors (Lipinski definition) is 7. The molecule has 0 saturated carbocycles. The number of nitrogens with one attached hydrogen (secondary N) is 2. The summed E-state index contributed by atoms with van der Waals surface area (Å²) in [4.78, 5) is 28.2. The van der Waals surface area contributed by atoms with Crippen LogP contribution in [0.5, 0.6) is 17.4 Å². The molecule has 2 aromatic carbocycles. The van der Waals surface area contributed by atoms with Crippen LogP contribution in [-0.2, 0) is 4.79 Å². The Hall–Kier alpha value is -4.87. The lowest BCUT2D eigenvalue weighted by Gasteiger charge is -2.13. The molecule has 3 aromatic rings. The molecular weight excluding hydrogens is 493 g/mol. The Labute approximate surface area is 208 Å². The van der Waals surface area contributed by atoms with Crippen LogP contribution >= 0.6 is 0 Å². The zero-order valence-electron chi connectivity index (χ0n) is 19.3. The van der Waals surface area contributed by atoms with Gasteiger partial charge in [-0.05, 0) is 42.0 Å². The number of carbonyl (C=O) groups is 2. The van der Waals surface area contributed by atoms with Crippen LogP contribution in [0.25, 0.3) is 17.2 Å². The van der Waals surface area contributed by atoms with Gasteiger partial charge in [0.2, 0.25) is 5.88 Å². The van der Waals surface area contributed by atoms with Gasteiger partial charge in [0.25, 0.3) is 5.91 Å². The highest BCUT2D eigenvalue weighted by atomic mass is 19.4. The molecule has 0 radical (unpaired) electrons. The molecule has 1 amide bonds. The van der Waals surface area contributed by atoms with Crippen molar-refractivity contribution in [3.05, 3.63) is 77.5 Å². The number of methoxy groups -OCH3 is 1. The molecule has 9 nitrogen and oxygen atoms in total. The van der Waals surface area contributed by atoms with Gasteiger partial charge >= 0.3 is 12.1 Å². The molecule has 0 fully saturated rings. The average molecular weight is 514 g/mol. The summed E-state index contributed by atoms with van der Waals surface area (Å²) in [7, 11) is 1.42. The van der Waals surface area contributed by atoms with Crippen LogP contribution in [0.2, 0.25) is 0 Å². The van der Waals surface area contributed by atoms with E-state index in [0.29, 0.717) is 28.1 Å². The van der Waals surface area contributed by atoms with E-state index >= 15 is 0 Å². The van der Waals surface area contributed by atoms with Crippen molar-refractivity contribution in [1.82, 2.24) is 10.3 Å². The SMILES string of the molecule is COc1ccc(-c2ccc(C(=O)NC/C=C/c3cc(C(=N)N)ccc3O)c(OC(=O)C(F)(F)F)c2)cn1. The molecule has 0 unspecified atom stereocenters. The highest BCUT2D eigenvalue weighted by Gasteiger charge is 2.42. The maximum atomic E-state index is 12.8. The number of amides is 1. The first-order valence-electron chi connectivity index (χ1n) is 10.5. The van der Waals surface area contributed by atoms with Gasteiger partial charge in [-0.25, -0.2) is 9.78 Å². The maximum Gasteiger partial charge on any atom is 0.491 e. The molecule has 0 aliphatic heterocycles. The third kappa shape index (κ3) is 6.84. The van der Waals surface area contributed by atoms with Gasteiger partial charge in [0, 0.05) is 35.5 Å². The van der Waals surface area contributed by atoms with Crippen LogP contribution in [0.3, 0.4) is 0 Å². The normalized spacial score (nSPS) is 11.2. The van der Waals surface area contributed by atoms with E-state index in [0.717, 1.165) is 6.07 Å². The van der Waals surface area contributed by atoms with Crippen molar-refractivity contribution >= 4 is 23.8 Å². The largest absolute Gasteiger partial charge is 0.507 e. The predicted octanol–water partition coefficient (Wildman–Crippen LogP) is 3.66. The minimum atomic E-state index is -5.27. The molecular formula is C25H21F3N4O5. The monoisotopic (exact) mass is 514 g/mol. The van der Waals surface area contributed by atoms with Gasteiger partial charge in [-0.3, -0.25) is 10.2 Å². The summed E-state index contributed by atoms with van der Waals surface area (Å²) in [5.41, 5.74) is 6.66. The van der Waals surface area contributed by atoms with E-state index in [9.17, 15) is 27.9 Å². The van der Waals surface area contributed by atoms with Crippen molar-refractivity contribution in [3.8, 4) is 28.5 Å². The third-order valence-corrected chi connectivity index (χ3v) is 4.96. The van der Waals surface area contributed by atoms with Crippen molar-refractivity contribution < 1.29 is 37.3 Å². The number of carbonyl (C=O) groups excluding carboxylic acids is 2. The fourth-order valence-electron chi connectivity index (χ4n) is 3.09. The van der Waals surface area contributed by atoms with Gasteiger partial charge in [-0.15, -0.1) is 0 Å². The van der Waals surface area contributed by atoms with Gasteiger partial charge in [0.15, 0.2) is 0 Å². The number of alkyl halides is 3. The number of nitrogens with two attached hydrogens (primary N) is 1. The summed E-state index contributed by atoms with van der Waals surface area (Å²) < 4.78 is 48.0. The van der Waals surface area contributed by atoms with Crippen LogP contribution in [0, 0.1) is 5.41 Å². The van der Waals surface area contributed by atoms with Gasteiger partial charge in [0.1, 0.15) is 17.3 Å². The Morgan fingerprint density at radius 2 is 1.86 bits per heavy atom. The number of aromatic hydroxyl groups is 1. The number of benzene rings is 2. The molecule has 1 aromatic heterocycles. The Balaban J connectivity index is 1.82. The number of halogens is 3. The zero-order valence-corrected chi connectivity index (χ0v) is 19.3. The second-order valence-corrected chi connectivity index (χ2v) is 7.49.